The van der Waals surface area contributed by atoms with Gasteiger partial charge in [-0.15, -0.1) is 11.3 Å². The molecule has 0 saturated heterocycles. The highest BCUT2D eigenvalue weighted by Gasteiger charge is 2.35. The first-order valence-corrected chi connectivity index (χ1v) is 9.75. The quantitative estimate of drug-likeness (QED) is 0.771. The van der Waals surface area contributed by atoms with Crippen molar-refractivity contribution in [2.45, 2.75) is 78.4 Å². The summed E-state index contributed by atoms with van der Waals surface area (Å²) in [4.78, 5) is 31.3. The van der Waals surface area contributed by atoms with Gasteiger partial charge in [0, 0.05) is 23.8 Å². The molecule has 1 N–H and O–H groups in total. The number of nitrogens with zero attached hydrogens (tertiary/aromatic N) is 2. The third kappa shape index (κ3) is 4.79. The van der Waals surface area contributed by atoms with Gasteiger partial charge in [0.25, 0.3) is 0 Å². The second kappa shape index (κ2) is 8.10. The summed E-state index contributed by atoms with van der Waals surface area (Å²) < 4.78 is 0. The van der Waals surface area contributed by atoms with Crippen molar-refractivity contribution < 1.29 is 9.59 Å². The number of hydrogen-bond acceptors (Lipinski definition) is 4. The first kappa shape index (κ1) is 18.9. The number of nitrogens with one attached hydrogen (secondary N) is 1. The van der Waals surface area contributed by atoms with Crippen LogP contribution in [0.15, 0.2) is 5.38 Å². The van der Waals surface area contributed by atoms with Crippen LogP contribution in [0.3, 0.4) is 0 Å². The molecule has 5 nitrogen and oxygen atoms in total. The maximum Gasteiger partial charge on any atom is 0.318 e. The van der Waals surface area contributed by atoms with Gasteiger partial charge in [0.2, 0.25) is 0 Å². The largest absolute Gasteiger partial charge is 0.328 e. The van der Waals surface area contributed by atoms with Crippen LogP contribution in [0.1, 0.15) is 70.5 Å². The van der Waals surface area contributed by atoms with Gasteiger partial charge in [-0.2, -0.15) is 0 Å². The lowest BCUT2D eigenvalue weighted by atomic mass is 9.98. The van der Waals surface area contributed by atoms with Crippen LogP contribution in [0.4, 0.5) is 4.79 Å². The van der Waals surface area contributed by atoms with Crippen molar-refractivity contribution in [2.75, 3.05) is 0 Å². The van der Waals surface area contributed by atoms with E-state index >= 15 is 0 Å². The number of urea groups is 1. The summed E-state index contributed by atoms with van der Waals surface area (Å²) in [6, 6.07) is -0.277. The van der Waals surface area contributed by atoms with Crippen molar-refractivity contribution in [3.63, 3.8) is 0 Å². The number of aromatic nitrogens is 1. The van der Waals surface area contributed by atoms with E-state index in [9.17, 15) is 9.59 Å². The second-order valence-corrected chi connectivity index (χ2v) is 8.07. The van der Waals surface area contributed by atoms with Crippen LogP contribution in [0.2, 0.25) is 0 Å². The zero-order chi connectivity index (χ0) is 17.9. The molecule has 1 aromatic heterocycles. The molecule has 0 aliphatic heterocycles. The minimum Gasteiger partial charge on any atom is -0.328 e. The zero-order valence-corrected chi connectivity index (χ0v) is 16.2. The third-order valence-corrected chi connectivity index (χ3v) is 5.48. The van der Waals surface area contributed by atoms with Crippen LogP contribution in [0.25, 0.3) is 0 Å². The predicted molar refractivity (Wildman–Crippen MR) is 97.2 cm³/mol. The first-order valence-electron chi connectivity index (χ1n) is 8.87. The first-order chi connectivity index (χ1) is 11.3. The van der Waals surface area contributed by atoms with E-state index in [-0.39, 0.29) is 23.8 Å². The molecule has 0 aromatic carbocycles. The van der Waals surface area contributed by atoms with Gasteiger partial charge in [0.15, 0.2) is 5.78 Å². The van der Waals surface area contributed by atoms with E-state index in [1.165, 1.54) is 0 Å². The van der Waals surface area contributed by atoms with E-state index in [4.69, 9.17) is 0 Å². The Bertz CT molecular complexity index is 579. The van der Waals surface area contributed by atoms with Crippen molar-refractivity contribution >= 4 is 23.2 Å². The number of carbonyl (C=O) groups is 2. The lowest BCUT2D eigenvalue weighted by molar-refractivity contribution is -0.121. The highest BCUT2D eigenvalue weighted by molar-refractivity contribution is 7.09. The maximum absolute atomic E-state index is 12.7. The van der Waals surface area contributed by atoms with Crippen LogP contribution in [-0.2, 0) is 11.3 Å². The molecule has 1 saturated carbocycles. The standard InChI is InChI=1S/C18H29N3O2S/c1-6-15(22)16(11(2)3)20-18(23)21(14-7-8-14)9-13-10-24-17(19-13)12(4)5/h10-12,14,16H,6-9H2,1-5H3,(H,20,23). The molecule has 1 aliphatic rings. The monoisotopic (exact) mass is 351 g/mol. The SMILES string of the molecule is CCC(=O)C(NC(=O)N(Cc1csc(C(C)C)n1)C1CC1)C(C)C. The Morgan fingerprint density at radius 1 is 1.33 bits per heavy atom. The summed E-state index contributed by atoms with van der Waals surface area (Å²) in [5, 5.41) is 6.09. The summed E-state index contributed by atoms with van der Waals surface area (Å²) >= 11 is 1.65. The number of thiazole rings is 1. The Morgan fingerprint density at radius 2 is 2.00 bits per heavy atom. The number of amides is 2. The molecule has 2 rings (SSSR count). The van der Waals surface area contributed by atoms with Crippen molar-refractivity contribution in [3.05, 3.63) is 16.1 Å². The Morgan fingerprint density at radius 3 is 2.46 bits per heavy atom. The molecular weight excluding hydrogens is 322 g/mol. The van der Waals surface area contributed by atoms with Crippen molar-refractivity contribution in [1.29, 1.82) is 0 Å². The smallest absolute Gasteiger partial charge is 0.318 e. The highest BCUT2D eigenvalue weighted by Crippen LogP contribution is 2.29. The molecule has 24 heavy (non-hydrogen) atoms. The lowest BCUT2D eigenvalue weighted by Crippen LogP contribution is -2.50. The molecule has 1 heterocycles. The molecule has 1 atom stereocenters. The third-order valence-electron chi connectivity index (χ3n) is 4.29. The Hall–Kier alpha value is -1.43. The average molecular weight is 352 g/mol. The fourth-order valence-corrected chi connectivity index (χ4v) is 3.47. The minimum absolute atomic E-state index is 0.0878. The van der Waals surface area contributed by atoms with Crippen molar-refractivity contribution in [2.24, 2.45) is 5.92 Å². The molecule has 0 bridgehead atoms. The lowest BCUT2D eigenvalue weighted by Gasteiger charge is -2.27. The average Bonchev–Trinajstić information content (AvgIpc) is 3.26. The fraction of sp³-hybridized carbons (Fsp3) is 0.722. The Labute approximate surface area is 148 Å². The van der Waals surface area contributed by atoms with Gasteiger partial charge in [-0.3, -0.25) is 4.79 Å². The van der Waals surface area contributed by atoms with Gasteiger partial charge in [-0.05, 0) is 18.8 Å². The van der Waals surface area contributed by atoms with E-state index in [1.807, 2.05) is 31.1 Å². The molecule has 1 aliphatic carbocycles. The molecule has 134 valence electrons. The summed E-state index contributed by atoms with van der Waals surface area (Å²) in [6.45, 7) is 10.5. The van der Waals surface area contributed by atoms with Gasteiger partial charge in [0.05, 0.1) is 23.3 Å². The Balaban J connectivity index is 2.06. The van der Waals surface area contributed by atoms with Gasteiger partial charge < -0.3 is 10.2 Å². The minimum atomic E-state index is -0.412. The summed E-state index contributed by atoms with van der Waals surface area (Å²) in [7, 11) is 0. The molecule has 0 radical (unpaired) electrons. The normalized spacial score (nSPS) is 15.6. The Kier molecular flexibility index (Phi) is 6.38. The van der Waals surface area contributed by atoms with Crippen LogP contribution < -0.4 is 5.32 Å². The second-order valence-electron chi connectivity index (χ2n) is 7.18. The molecule has 0 spiro atoms. The number of carbonyl (C=O) groups excluding carboxylic acids is 2. The van der Waals surface area contributed by atoms with Crippen LogP contribution in [0, 0.1) is 5.92 Å². The van der Waals surface area contributed by atoms with Crippen LogP contribution >= 0.6 is 11.3 Å². The zero-order valence-electron chi connectivity index (χ0n) is 15.3. The van der Waals surface area contributed by atoms with Gasteiger partial charge in [-0.1, -0.05) is 34.6 Å². The van der Waals surface area contributed by atoms with Crippen molar-refractivity contribution in [1.82, 2.24) is 15.2 Å². The molecule has 6 heteroatoms. The van der Waals surface area contributed by atoms with Crippen LogP contribution in [-0.4, -0.2) is 33.8 Å². The number of hydrogen-bond donors (Lipinski definition) is 1. The van der Waals surface area contributed by atoms with E-state index < -0.39 is 6.04 Å². The summed E-state index contributed by atoms with van der Waals surface area (Å²) in [5.74, 6) is 0.582. The number of Topliss-reactive ketones (excluding diaryl/α,β-unsaturated/α-hetero) is 1. The maximum atomic E-state index is 12.7. The van der Waals surface area contributed by atoms with E-state index in [0.29, 0.717) is 18.9 Å². The molecule has 1 fully saturated rings. The molecular formula is C18H29N3O2S. The summed E-state index contributed by atoms with van der Waals surface area (Å²) in [5.41, 5.74) is 0.939. The van der Waals surface area contributed by atoms with Gasteiger partial charge >= 0.3 is 6.03 Å². The highest BCUT2D eigenvalue weighted by atomic mass is 32.1. The van der Waals surface area contributed by atoms with E-state index in [0.717, 1.165) is 23.5 Å². The predicted octanol–water partition coefficient (Wildman–Crippen LogP) is 3.94. The number of ketones is 1. The fourth-order valence-electron chi connectivity index (χ4n) is 2.64. The van der Waals surface area contributed by atoms with Crippen LogP contribution in [0.5, 0.6) is 0 Å². The van der Waals surface area contributed by atoms with E-state index in [1.54, 1.807) is 11.3 Å². The van der Waals surface area contributed by atoms with E-state index in [2.05, 4.69) is 24.1 Å². The topological polar surface area (TPSA) is 62.3 Å². The van der Waals surface area contributed by atoms with Crippen molar-refractivity contribution in [3.8, 4) is 0 Å². The summed E-state index contributed by atoms with van der Waals surface area (Å²) in [6.07, 6.45) is 2.50. The molecule has 1 unspecified atom stereocenters. The van der Waals surface area contributed by atoms with Gasteiger partial charge in [-0.25, -0.2) is 9.78 Å². The molecule has 2 amide bonds. The number of rotatable bonds is 8. The molecule has 1 aromatic rings. The van der Waals surface area contributed by atoms with Gasteiger partial charge in [0.1, 0.15) is 0 Å².